The number of hydrogen-bond donors (Lipinski definition) is 1. The number of ether oxygens (including phenoxy) is 1. The Kier molecular flexibility index (Phi) is 10.7. The lowest BCUT2D eigenvalue weighted by Gasteiger charge is -2.30. The van der Waals surface area contributed by atoms with Gasteiger partial charge in [-0.15, -0.1) is 0 Å². The van der Waals surface area contributed by atoms with Crippen LogP contribution in [0.15, 0.2) is 0 Å². The van der Waals surface area contributed by atoms with Crippen LogP contribution >= 0.6 is 0 Å². The maximum atomic E-state index is 5.57. The highest BCUT2D eigenvalue weighted by atomic mass is 16.5. The molecule has 0 aliphatic heterocycles. The maximum Gasteiger partial charge on any atom is 0.0590 e. The maximum absolute atomic E-state index is 5.57. The van der Waals surface area contributed by atoms with E-state index in [1.807, 2.05) is 0 Å². The van der Waals surface area contributed by atoms with E-state index in [4.69, 9.17) is 4.74 Å². The summed E-state index contributed by atoms with van der Waals surface area (Å²) in [6.07, 6.45) is 1.16. The first-order chi connectivity index (χ1) is 8.45. The van der Waals surface area contributed by atoms with Crippen LogP contribution in [0, 0.1) is 5.92 Å². The van der Waals surface area contributed by atoms with E-state index in [9.17, 15) is 0 Å². The molecule has 0 saturated carbocycles. The van der Waals surface area contributed by atoms with Crippen LogP contribution in [-0.4, -0.2) is 49.8 Å². The molecule has 0 atom stereocenters. The first kappa shape index (κ1) is 17.9. The van der Waals surface area contributed by atoms with Gasteiger partial charge in [-0.2, -0.15) is 0 Å². The van der Waals surface area contributed by atoms with Gasteiger partial charge in [0, 0.05) is 38.3 Å². The second kappa shape index (κ2) is 10.8. The second-order valence-electron chi connectivity index (χ2n) is 5.97. The van der Waals surface area contributed by atoms with Crippen molar-refractivity contribution in [1.29, 1.82) is 0 Å². The average molecular weight is 258 g/mol. The molecule has 0 unspecified atom stereocenters. The highest BCUT2D eigenvalue weighted by Gasteiger charge is 2.11. The summed E-state index contributed by atoms with van der Waals surface area (Å²) in [6, 6.07) is 1.24. The van der Waals surface area contributed by atoms with Crippen LogP contribution in [0.3, 0.4) is 0 Å². The summed E-state index contributed by atoms with van der Waals surface area (Å²) in [5.74, 6) is 0.739. The third-order valence-electron chi connectivity index (χ3n) is 3.14. The van der Waals surface area contributed by atoms with E-state index in [0.717, 1.165) is 45.2 Å². The Bertz CT molecular complexity index is 173. The van der Waals surface area contributed by atoms with Crippen molar-refractivity contribution in [1.82, 2.24) is 10.2 Å². The Balaban J connectivity index is 3.39. The predicted octanol–water partition coefficient (Wildman–Crippen LogP) is 2.76. The Morgan fingerprint density at radius 3 is 2.00 bits per heavy atom. The van der Waals surface area contributed by atoms with E-state index in [1.54, 1.807) is 0 Å². The summed E-state index contributed by atoms with van der Waals surface area (Å²) < 4.78 is 5.57. The zero-order valence-corrected chi connectivity index (χ0v) is 13.3. The lowest BCUT2D eigenvalue weighted by molar-refractivity contribution is 0.123. The Morgan fingerprint density at radius 2 is 1.50 bits per heavy atom. The fourth-order valence-corrected chi connectivity index (χ4v) is 2.01. The minimum atomic E-state index is 0.620. The van der Waals surface area contributed by atoms with E-state index in [-0.39, 0.29) is 0 Å². The van der Waals surface area contributed by atoms with Gasteiger partial charge in [0.1, 0.15) is 0 Å². The number of nitrogens with one attached hydrogen (secondary N) is 1. The minimum absolute atomic E-state index is 0.620. The van der Waals surface area contributed by atoms with Crippen LogP contribution in [0.2, 0.25) is 0 Å². The molecule has 0 aromatic rings. The summed E-state index contributed by atoms with van der Waals surface area (Å²) in [5, 5.41) is 3.45. The molecule has 0 saturated heterocycles. The molecule has 0 aromatic carbocycles. The molecular weight excluding hydrogens is 224 g/mol. The highest BCUT2D eigenvalue weighted by Crippen LogP contribution is 2.03. The van der Waals surface area contributed by atoms with Crippen LogP contribution in [0.5, 0.6) is 0 Å². The molecule has 110 valence electrons. The summed E-state index contributed by atoms with van der Waals surface area (Å²) in [6.45, 7) is 18.3. The normalized spacial score (nSPS) is 12.3. The summed E-state index contributed by atoms with van der Waals surface area (Å²) in [4.78, 5) is 2.51. The molecule has 3 heteroatoms. The zero-order valence-electron chi connectivity index (χ0n) is 13.3. The largest absolute Gasteiger partial charge is 0.380 e. The Labute approximate surface area is 114 Å². The van der Waals surface area contributed by atoms with E-state index in [1.165, 1.54) is 0 Å². The molecule has 3 nitrogen and oxygen atoms in total. The molecule has 0 amide bonds. The van der Waals surface area contributed by atoms with Gasteiger partial charge < -0.3 is 10.1 Å². The lowest BCUT2D eigenvalue weighted by Crippen LogP contribution is -2.41. The van der Waals surface area contributed by atoms with Gasteiger partial charge in [-0.25, -0.2) is 0 Å². The van der Waals surface area contributed by atoms with Gasteiger partial charge in [0.25, 0.3) is 0 Å². The molecule has 0 heterocycles. The van der Waals surface area contributed by atoms with Gasteiger partial charge in [-0.1, -0.05) is 13.8 Å². The molecule has 18 heavy (non-hydrogen) atoms. The molecule has 1 N–H and O–H groups in total. The standard InChI is InChI=1S/C15H34N2O/c1-13(2)7-11-18-12-9-16-8-10-17(14(3)4)15(5)6/h13-16H,7-12H2,1-6H3. The van der Waals surface area contributed by atoms with Crippen molar-refractivity contribution in [3.05, 3.63) is 0 Å². The third kappa shape index (κ3) is 9.86. The van der Waals surface area contributed by atoms with Crippen LogP contribution in [0.25, 0.3) is 0 Å². The van der Waals surface area contributed by atoms with E-state index >= 15 is 0 Å². The average Bonchev–Trinajstić information content (AvgIpc) is 2.25. The van der Waals surface area contributed by atoms with Gasteiger partial charge in [-0.3, -0.25) is 4.90 Å². The zero-order chi connectivity index (χ0) is 14.0. The molecular formula is C15H34N2O. The van der Waals surface area contributed by atoms with E-state index in [2.05, 4.69) is 51.8 Å². The fraction of sp³-hybridized carbons (Fsp3) is 1.00. The third-order valence-corrected chi connectivity index (χ3v) is 3.14. The van der Waals surface area contributed by atoms with Crippen molar-refractivity contribution >= 4 is 0 Å². The molecule has 0 fully saturated rings. The molecule has 0 spiro atoms. The molecule has 0 aromatic heterocycles. The monoisotopic (exact) mass is 258 g/mol. The molecule has 0 rings (SSSR count). The lowest BCUT2D eigenvalue weighted by atomic mass is 10.1. The molecule has 0 radical (unpaired) electrons. The summed E-state index contributed by atoms with van der Waals surface area (Å²) in [7, 11) is 0. The van der Waals surface area contributed by atoms with Crippen molar-refractivity contribution in [2.45, 2.75) is 60.0 Å². The molecule has 0 aliphatic rings. The summed E-state index contributed by atoms with van der Waals surface area (Å²) >= 11 is 0. The van der Waals surface area contributed by atoms with E-state index in [0.29, 0.717) is 12.1 Å². The Hall–Kier alpha value is -0.120. The van der Waals surface area contributed by atoms with Gasteiger partial charge in [0.05, 0.1) is 6.61 Å². The Morgan fingerprint density at radius 1 is 0.889 bits per heavy atom. The fourth-order valence-electron chi connectivity index (χ4n) is 2.01. The minimum Gasteiger partial charge on any atom is -0.380 e. The van der Waals surface area contributed by atoms with Gasteiger partial charge >= 0.3 is 0 Å². The number of rotatable bonds is 11. The van der Waals surface area contributed by atoms with E-state index < -0.39 is 0 Å². The SMILES string of the molecule is CC(C)CCOCCNCCN(C(C)C)C(C)C. The van der Waals surface area contributed by atoms with Crippen molar-refractivity contribution in [3.8, 4) is 0 Å². The first-order valence-corrected chi connectivity index (χ1v) is 7.49. The topological polar surface area (TPSA) is 24.5 Å². The quantitative estimate of drug-likeness (QED) is 0.577. The van der Waals surface area contributed by atoms with Crippen LogP contribution < -0.4 is 5.32 Å². The number of nitrogens with zero attached hydrogens (tertiary/aromatic N) is 1. The predicted molar refractivity (Wildman–Crippen MR) is 80.1 cm³/mol. The van der Waals surface area contributed by atoms with Crippen molar-refractivity contribution < 1.29 is 4.74 Å². The van der Waals surface area contributed by atoms with Crippen molar-refractivity contribution in [2.24, 2.45) is 5.92 Å². The van der Waals surface area contributed by atoms with Crippen LogP contribution in [-0.2, 0) is 4.74 Å². The molecule has 0 aliphatic carbocycles. The van der Waals surface area contributed by atoms with Gasteiger partial charge in [0.2, 0.25) is 0 Å². The first-order valence-electron chi connectivity index (χ1n) is 7.49. The smallest absolute Gasteiger partial charge is 0.0590 e. The second-order valence-corrected chi connectivity index (χ2v) is 5.97. The molecule has 0 bridgehead atoms. The highest BCUT2D eigenvalue weighted by molar-refractivity contribution is 4.68. The summed E-state index contributed by atoms with van der Waals surface area (Å²) in [5.41, 5.74) is 0. The van der Waals surface area contributed by atoms with Gasteiger partial charge in [-0.05, 0) is 40.0 Å². The van der Waals surface area contributed by atoms with Crippen molar-refractivity contribution in [3.63, 3.8) is 0 Å². The van der Waals surface area contributed by atoms with Crippen molar-refractivity contribution in [2.75, 3.05) is 32.8 Å². The van der Waals surface area contributed by atoms with Gasteiger partial charge in [0.15, 0.2) is 0 Å². The van der Waals surface area contributed by atoms with Crippen LogP contribution in [0.1, 0.15) is 48.0 Å². The number of hydrogen-bond acceptors (Lipinski definition) is 3. The van der Waals surface area contributed by atoms with Crippen LogP contribution in [0.4, 0.5) is 0 Å².